The molecular formula is C12H25ClN2O3. The van der Waals surface area contributed by atoms with Crippen LogP contribution in [0.4, 0.5) is 0 Å². The molecule has 0 rings (SSSR count). The smallest absolute Gasteiger partial charge is 0.317 e. The normalized spacial score (nSPS) is 12.1. The number of carboxylic acid groups (broad SMARTS) is 1. The van der Waals surface area contributed by atoms with Crippen LogP contribution in [0.3, 0.4) is 0 Å². The maximum absolute atomic E-state index is 11.7. The summed E-state index contributed by atoms with van der Waals surface area (Å²) in [5.41, 5.74) is 0. The van der Waals surface area contributed by atoms with Crippen molar-refractivity contribution in [3.05, 3.63) is 0 Å². The van der Waals surface area contributed by atoms with Gasteiger partial charge in [-0.1, -0.05) is 20.8 Å². The lowest BCUT2D eigenvalue weighted by molar-refractivity contribution is -0.138. The van der Waals surface area contributed by atoms with Crippen molar-refractivity contribution in [3.8, 4) is 0 Å². The first-order chi connectivity index (χ1) is 7.86. The van der Waals surface area contributed by atoms with Crippen LogP contribution < -0.4 is 5.32 Å². The maximum atomic E-state index is 11.7. The number of nitrogens with zero attached hydrogens (tertiary/aromatic N) is 1. The van der Waals surface area contributed by atoms with Crippen LogP contribution in [-0.2, 0) is 9.59 Å². The summed E-state index contributed by atoms with van der Waals surface area (Å²) in [6.07, 6.45) is 0.834. The first-order valence-corrected chi connectivity index (χ1v) is 6.10. The first kappa shape index (κ1) is 19.5. The highest BCUT2D eigenvalue weighted by Gasteiger charge is 2.15. The van der Waals surface area contributed by atoms with Crippen molar-refractivity contribution >= 4 is 24.3 Å². The molecule has 5 nitrogen and oxygen atoms in total. The van der Waals surface area contributed by atoms with Crippen LogP contribution in [0.1, 0.15) is 34.1 Å². The summed E-state index contributed by atoms with van der Waals surface area (Å²) in [6, 6.07) is 0.107. The average molecular weight is 281 g/mol. The Morgan fingerprint density at radius 3 is 2.17 bits per heavy atom. The molecular weight excluding hydrogens is 256 g/mol. The summed E-state index contributed by atoms with van der Waals surface area (Å²) in [7, 11) is 0. The van der Waals surface area contributed by atoms with Gasteiger partial charge in [0.2, 0.25) is 5.91 Å². The highest BCUT2D eigenvalue weighted by atomic mass is 35.5. The highest BCUT2D eigenvalue weighted by molar-refractivity contribution is 5.85. The van der Waals surface area contributed by atoms with Crippen molar-refractivity contribution < 1.29 is 14.7 Å². The summed E-state index contributed by atoms with van der Waals surface area (Å²) < 4.78 is 0. The number of amides is 1. The Morgan fingerprint density at radius 2 is 1.78 bits per heavy atom. The Labute approximate surface area is 115 Å². The van der Waals surface area contributed by atoms with E-state index in [0.717, 1.165) is 6.42 Å². The van der Waals surface area contributed by atoms with Gasteiger partial charge in [0.15, 0.2) is 0 Å². The number of halogens is 1. The lowest BCUT2D eigenvalue weighted by Crippen LogP contribution is -2.44. The van der Waals surface area contributed by atoms with Gasteiger partial charge < -0.3 is 10.4 Å². The van der Waals surface area contributed by atoms with Crippen LogP contribution >= 0.6 is 12.4 Å². The van der Waals surface area contributed by atoms with E-state index in [1.807, 2.05) is 27.7 Å². The fourth-order valence-corrected chi connectivity index (χ4v) is 1.39. The van der Waals surface area contributed by atoms with Gasteiger partial charge >= 0.3 is 5.97 Å². The third-order valence-electron chi connectivity index (χ3n) is 2.65. The second kappa shape index (κ2) is 10.1. The van der Waals surface area contributed by atoms with Crippen molar-refractivity contribution in [1.82, 2.24) is 10.2 Å². The minimum atomic E-state index is -0.900. The topological polar surface area (TPSA) is 69.6 Å². The lowest BCUT2D eigenvalue weighted by Gasteiger charge is -2.22. The molecule has 2 N–H and O–H groups in total. The molecule has 1 unspecified atom stereocenters. The molecule has 0 aromatic carbocycles. The van der Waals surface area contributed by atoms with E-state index in [4.69, 9.17) is 5.11 Å². The van der Waals surface area contributed by atoms with Crippen molar-refractivity contribution in [2.24, 2.45) is 5.92 Å². The Morgan fingerprint density at radius 1 is 1.22 bits per heavy atom. The Hall–Kier alpha value is -0.810. The van der Waals surface area contributed by atoms with Gasteiger partial charge in [-0.05, 0) is 25.8 Å². The molecule has 0 radical (unpaired) electrons. The number of hydrogen-bond acceptors (Lipinski definition) is 3. The molecule has 1 atom stereocenters. The number of carboxylic acids is 1. The minimum Gasteiger partial charge on any atom is -0.480 e. The molecule has 0 aliphatic rings. The predicted molar refractivity (Wildman–Crippen MR) is 74.1 cm³/mol. The standard InChI is InChI=1S/C12H24N2O3.ClH/c1-5-6-14(8-12(16)17)7-11(15)13-10(4)9(2)3;/h9-10H,5-8H2,1-4H3,(H,13,15)(H,16,17);1H. The number of aliphatic carboxylic acids is 1. The predicted octanol–water partition coefficient (Wildman–Crippen LogP) is 1.37. The summed E-state index contributed by atoms with van der Waals surface area (Å²) in [4.78, 5) is 23.9. The van der Waals surface area contributed by atoms with E-state index in [9.17, 15) is 9.59 Å². The largest absolute Gasteiger partial charge is 0.480 e. The van der Waals surface area contributed by atoms with Crippen molar-refractivity contribution in [2.45, 2.75) is 40.2 Å². The zero-order valence-electron chi connectivity index (χ0n) is 11.6. The van der Waals surface area contributed by atoms with Crippen LogP contribution in [0.5, 0.6) is 0 Å². The summed E-state index contributed by atoms with van der Waals surface area (Å²) in [5, 5.41) is 11.6. The van der Waals surface area contributed by atoms with E-state index < -0.39 is 5.97 Å². The quantitative estimate of drug-likeness (QED) is 0.704. The van der Waals surface area contributed by atoms with Crippen molar-refractivity contribution in [1.29, 1.82) is 0 Å². The van der Waals surface area contributed by atoms with Crippen LogP contribution in [0.25, 0.3) is 0 Å². The fourth-order valence-electron chi connectivity index (χ4n) is 1.39. The molecule has 0 aliphatic carbocycles. The van der Waals surface area contributed by atoms with E-state index in [1.54, 1.807) is 4.90 Å². The lowest BCUT2D eigenvalue weighted by atomic mass is 10.1. The molecule has 0 aromatic rings. The van der Waals surface area contributed by atoms with Crippen LogP contribution in [-0.4, -0.2) is 47.6 Å². The van der Waals surface area contributed by atoms with Crippen LogP contribution in [0.2, 0.25) is 0 Å². The Bertz CT molecular complexity index is 260. The molecule has 0 heterocycles. The van der Waals surface area contributed by atoms with Gasteiger partial charge in [-0.25, -0.2) is 0 Å². The number of carbonyl (C=O) groups excluding carboxylic acids is 1. The van der Waals surface area contributed by atoms with Gasteiger partial charge in [0.05, 0.1) is 13.1 Å². The van der Waals surface area contributed by atoms with Gasteiger partial charge in [-0.2, -0.15) is 0 Å². The van der Waals surface area contributed by atoms with E-state index in [-0.39, 0.29) is 37.4 Å². The second-order valence-corrected chi connectivity index (χ2v) is 4.70. The molecule has 0 saturated carbocycles. The molecule has 1 amide bonds. The average Bonchev–Trinajstić information content (AvgIpc) is 2.16. The van der Waals surface area contributed by atoms with Gasteiger partial charge in [0.25, 0.3) is 0 Å². The second-order valence-electron chi connectivity index (χ2n) is 4.70. The van der Waals surface area contributed by atoms with E-state index >= 15 is 0 Å². The summed E-state index contributed by atoms with van der Waals surface area (Å²) in [6.45, 7) is 8.66. The number of rotatable bonds is 8. The zero-order chi connectivity index (χ0) is 13.4. The Balaban J connectivity index is 0. The molecule has 0 aliphatic heterocycles. The highest BCUT2D eigenvalue weighted by Crippen LogP contribution is 2.00. The van der Waals surface area contributed by atoms with E-state index in [0.29, 0.717) is 12.5 Å². The first-order valence-electron chi connectivity index (χ1n) is 6.10. The molecule has 0 bridgehead atoms. The summed E-state index contributed by atoms with van der Waals surface area (Å²) >= 11 is 0. The molecule has 0 aromatic heterocycles. The van der Waals surface area contributed by atoms with E-state index in [1.165, 1.54) is 0 Å². The molecule has 6 heteroatoms. The SMILES string of the molecule is CCCN(CC(=O)O)CC(=O)NC(C)C(C)C.Cl. The number of hydrogen-bond donors (Lipinski definition) is 2. The van der Waals surface area contributed by atoms with Gasteiger partial charge in [-0.15, -0.1) is 12.4 Å². The molecule has 18 heavy (non-hydrogen) atoms. The summed E-state index contributed by atoms with van der Waals surface area (Å²) in [5.74, 6) is -0.637. The molecule has 108 valence electrons. The number of carbonyl (C=O) groups is 2. The third kappa shape index (κ3) is 9.24. The molecule has 0 spiro atoms. The van der Waals surface area contributed by atoms with Crippen LogP contribution in [0.15, 0.2) is 0 Å². The number of nitrogens with one attached hydrogen (secondary N) is 1. The van der Waals surface area contributed by atoms with Crippen molar-refractivity contribution in [2.75, 3.05) is 19.6 Å². The van der Waals surface area contributed by atoms with Crippen molar-refractivity contribution in [3.63, 3.8) is 0 Å². The van der Waals surface area contributed by atoms with E-state index in [2.05, 4.69) is 5.32 Å². The van der Waals surface area contributed by atoms with Crippen LogP contribution in [0, 0.1) is 5.92 Å². The van der Waals surface area contributed by atoms with Gasteiger partial charge in [-0.3, -0.25) is 14.5 Å². The molecule has 0 fully saturated rings. The fraction of sp³-hybridized carbons (Fsp3) is 0.833. The van der Waals surface area contributed by atoms with Gasteiger partial charge in [0.1, 0.15) is 0 Å². The third-order valence-corrected chi connectivity index (χ3v) is 2.65. The van der Waals surface area contributed by atoms with Gasteiger partial charge in [0, 0.05) is 6.04 Å². The zero-order valence-corrected chi connectivity index (χ0v) is 12.4. The molecule has 0 saturated heterocycles. The maximum Gasteiger partial charge on any atom is 0.317 e. The Kier molecular flexibility index (Phi) is 11.0. The monoisotopic (exact) mass is 280 g/mol. The minimum absolute atomic E-state index is 0.